The SMILES string of the molecule is O=C(CNc1ccc(Cl)c(Cl)c1)Nc1ccc(Cl)c(Cl)c1. The molecule has 1 amide bonds. The molecular formula is C14H10Cl4N2O. The lowest BCUT2D eigenvalue weighted by molar-refractivity contribution is -0.114. The van der Waals surface area contributed by atoms with E-state index >= 15 is 0 Å². The number of anilines is 2. The van der Waals surface area contributed by atoms with Gasteiger partial charge >= 0.3 is 0 Å². The second-order valence-electron chi connectivity index (χ2n) is 4.16. The summed E-state index contributed by atoms with van der Waals surface area (Å²) >= 11 is 23.4. The molecule has 0 radical (unpaired) electrons. The molecule has 0 aliphatic rings. The Hall–Kier alpha value is -1.13. The predicted octanol–water partition coefficient (Wildman–Crippen LogP) is 5.35. The minimum atomic E-state index is -0.223. The van der Waals surface area contributed by atoms with Crippen molar-refractivity contribution in [2.45, 2.75) is 0 Å². The van der Waals surface area contributed by atoms with Crippen molar-refractivity contribution < 1.29 is 4.79 Å². The molecule has 0 saturated carbocycles. The van der Waals surface area contributed by atoms with E-state index < -0.39 is 0 Å². The molecule has 0 saturated heterocycles. The van der Waals surface area contributed by atoms with Gasteiger partial charge in [0, 0.05) is 11.4 Å². The maximum absolute atomic E-state index is 11.8. The molecule has 0 unspecified atom stereocenters. The van der Waals surface area contributed by atoms with Crippen LogP contribution in [0.2, 0.25) is 20.1 Å². The van der Waals surface area contributed by atoms with Crippen molar-refractivity contribution in [1.82, 2.24) is 0 Å². The van der Waals surface area contributed by atoms with Crippen molar-refractivity contribution in [2.24, 2.45) is 0 Å². The molecule has 2 N–H and O–H groups in total. The van der Waals surface area contributed by atoms with Crippen LogP contribution in [-0.4, -0.2) is 12.5 Å². The number of benzene rings is 2. The quantitative estimate of drug-likeness (QED) is 0.768. The molecule has 0 aromatic heterocycles. The number of carbonyl (C=O) groups excluding carboxylic acids is 1. The molecule has 110 valence electrons. The van der Waals surface area contributed by atoms with Crippen LogP contribution in [0.1, 0.15) is 0 Å². The molecule has 21 heavy (non-hydrogen) atoms. The number of carbonyl (C=O) groups is 1. The first-order chi connectivity index (χ1) is 9.95. The molecule has 7 heteroatoms. The Morgan fingerprint density at radius 3 is 1.90 bits per heavy atom. The monoisotopic (exact) mass is 362 g/mol. The zero-order valence-electron chi connectivity index (χ0n) is 10.6. The fraction of sp³-hybridized carbons (Fsp3) is 0.0714. The van der Waals surface area contributed by atoms with Gasteiger partial charge in [0.15, 0.2) is 0 Å². The topological polar surface area (TPSA) is 41.1 Å². The summed E-state index contributed by atoms with van der Waals surface area (Å²) in [7, 11) is 0. The van der Waals surface area contributed by atoms with E-state index in [0.29, 0.717) is 31.5 Å². The molecule has 0 atom stereocenters. The van der Waals surface area contributed by atoms with Crippen LogP contribution in [0.3, 0.4) is 0 Å². The first kappa shape index (κ1) is 16.2. The molecule has 3 nitrogen and oxygen atoms in total. The Morgan fingerprint density at radius 1 is 0.810 bits per heavy atom. The molecule has 0 aliphatic heterocycles. The van der Waals surface area contributed by atoms with E-state index in [1.807, 2.05) is 0 Å². The van der Waals surface area contributed by atoms with Crippen LogP contribution in [0.25, 0.3) is 0 Å². The van der Waals surface area contributed by atoms with Crippen molar-refractivity contribution in [1.29, 1.82) is 0 Å². The highest BCUT2D eigenvalue weighted by Gasteiger charge is 2.05. The average Bonchev–Trinajstić information content (AvgIpc) is 2.44. The number of hydrogen-bond acceptors (Lipinski definition) is 2. The second-order valence-corrected chi connectivity index (χ2v) is 5.79. The molecular weight excluding hydrogens is 354 g/mol. The van der Waals surface area contributed by atoms with E-state index in [1.165, 1.54) is 0 Å². The van der Waals surface area contributed by atoms with Crippen molar-refractivity contribution in [3.63, 3.8) is 0 Å². The summed E-state index contributed by atoms with van der Waals surface area (Å²) in [5.41, 5.74) is 1.28. The molecule has 2 rings (SSSR count). The van der Waals surface area contributed by atoms with Crippen molar-refractivity contribution in [2.75, 3.05) is 17.2 Å². The Morgan fingerprint density at radius 2 is 1.33 bits per heavy atom. The smallest absolute Gasteiger partial charge is 0.243 e. The van der Waals surface area contributed by atoms with Crippen LogP contribution in [0.15, 0.2) is 36.4 Å². The maximum Gasteiger partial charge on any atom is 0.243 e. The molecule has 2 aromatic carbocycles. The lowest BCUT2D eigenvalue weighted by Crippen LogP contribution is -2.21. The van der Waals surface area contributed by atoms with Gasteiger partial charge in [-0.05, 0) is 36.4 Å². The van der Waals surface area contributed by atoms with Crippen LogP contribution in [-0.2, 0) is 4.79 Å². The lowest BCUT2D eigenvalue weighted by atomic mass is 10.3. The highest BCUT2D eigenvalue weighted by molar-refractivity contribution is 6.42. The van der Waals surface area contributed by atoms with Crippen molar-refractivity contribution in [3.8, 4) is 0 Å². The average molecular weight is 364 g/mol. The zero-order chi connectivity index (χ0) is 15.4. The number of amides is 1. The van der Waals surface area contributed by atoms with Crippen molar-refractivity contribution in [3.05, 3.63) is 56.5 Å². The third kappa shape index (κ3) is 4.68. The minimum Gasteiger partial charge on any atom is -0.376 e. The largest absolute Gasteiger partial charge is 0.376 e. The Bertz CT molecular complexity index is 676. The first-order valence-electron chi connectivity index (χ1n) is 5.89. The second kappa shape index (κ2) is 7.23. The maximum atomic E-state index is 11.8. The van der Waals surface area contributed by atoms with Crippen LogP contribution >= 0.6 is 46.4 Å². The van der Waals surface area contributed by atoms with Crippen LogP contribution in [0.4, 0.5) is 11.4 Å². The molecule has 0 fully saturated rings. The van der Waals surface area contributed by atoms with E-state index in [1.54, 1.807) is 36.4 Å². The summed E-state index contributed by atoms with van der Waals surface area (Å²) in [6.07, 6.45) is 0. The predicted molar refractivity (Wildman–Crippen MR) is 90.0 cm³/mol. The van der Waals surface area contributed by atoms with Crippen LogP contribution < -0.4 is 10.6 Å². The summed E-state index contributed by atoms with van der Waals surface area (Å²) in [5, 5.41) is 7.35. The number of nitrogens with one attached hydrogen (secondary N) is 2. The molecule has 0 aliphatic carbocycles. The fourth-order valence-electron chi connectivity index (χ4n) is 1.57. The minimum absolute atomic E-state index is 0.0816. The fourth-order valence-corrected chi connectivity index (χ4v) is 2.16. The van der Waals surface area contributed by atoms with E-state index in [4.69, 9.17) is 46.4 Å². The number of hydrogen-bond donors (Lipinski definition) is 2. The van der Waals surface area contributed by atoms with Crippen LogP contribution in [0.5, 0.6) is 0 Å². The first-order valence-corrected chi connectivity index (χ1v) is 7.41. The summed E-state index contributed by atoms with van der Waals surface area (Å²) in [6, 6.07) is 9.91. The van der Waals surface area contributed by atoms with Gasteiger partial charge in [-0.25, -0.2) is 0 Å². The highest BCUT2D eigenvalue weighted by atomic mass is 35.5. The molecule has 0 spiro atoms. The van der Waals surface area contributed by atoms with Gasteiger partial charge in [0.1, 0.15) is 0 Å². The summed E-state index contributed by atoms with van der Waals surface area (Å²) in [4.78, 5) is 11.8. The van der Waals surface area contributed by atoms with Crippen molar-refractivity contribution >= 4 is 63.7 Å². The highest BCUT2D eigenvalue weighted by Crippen LogP contribution is 2.26. The molecule has 2 aromatic rings. The van der Waals surface area contributed by atoms with Gasteiger partial charge in [-0.2, -0.15) is 0 Å². The lowest BCUT2D eigenvalue weighted by Gasteiger charge is -2.09. The van der Waals surface area contributed by atoms with Gasteiger partial charge in [0.25, 0.3) is 0 Å². The molecule has 0 bridgehead atoms. The van der Waals surface area contributed by atoms with E-state index in [-0.39, 0.29) is 12.5 Å². The summed E-state index contributed by atoms with van der Waals surface area (Å²) < 4.78 is 0. The number of halogens is 4. The van der Waals surface area contributed by atoms with E-state index in [0.717, 1.165) is 0 Å². The van der Waals surface area contributed by atoms with E-state index in [9.17, 15) is 4.79 Å². The standard InChI is InChI=1S/C14H10Cl4N2O/c15-10-3-1-8(5-12(10)17)19-7-14(21)20-9-2-4-11(16)13(18)6-9/h1-6,19H,7H2,(H,20,21). The number of rotatable bonds is 4. The van der Waals surface area contributed by atoms with Gasteiger partial charge in [-0.15, -0.1) is 0 Å². The Labute approximate surface area is 142 Å². The third-order valence-electron chi connectivity index (χ3n) is 2.58. The van der Waals surface area contributed by atoms with E-state index in [2.05, 4.69) is 10.6 Å². The summed E-state index contributed by atoms with van der Waals surface area (Å²) in [6.45, 7) is 0.0816. The Balaban J connectivity index is 1.92. The van der Waals surface area contributed by atoms with Gasteiger partial charge in [-0.1, -0.05) is 46.4 Å². The molecule has 0 heterocycles. The van der Waals surface area contributed by atoms with Crippen LogP contribution in [0, 0.1) is 0 Å². The van der Waals surface area contributed by atoms with Gasteiger partial charge in [-0.3, -0.25) is 4.79 Å². The van der Waals surface area contributed by atoms with Gasteiger partial charge in [0.05, 0.1) is 26.6 Å². The van der Waals surface area contributed by atoms with Gasteiger partial charge in [0.2, 0.25) is 5.91 Å². The van der Waals surface area contributed by atoms with Gasteiger partial charge < -0.3 is 10.6 Å². The summed E-state index contributed by atoms with van der Waals surface area (Å²) in [5.74, 6) is -0.223. The normalized spacial score (nSPS) is 10.3. The Kier molecular flexibility index (Phi) is 5.59. The zero-order valence-corrected chi connectivity index (χ0v) is 13.6. The third-order valence-corrected chi connectivity index (χ3v) is 4.05.